The van der Waals surface area contributed by atoms with Crippen LogP contribution in [-0.2, 0) is 12.8 Å². The van der Waals surface area contributed by atoms with Gasteiger partial charge in [0.15, 0.2) is 0 Å². The molecule has 0 aromatic carbocycles. The van der Waals surface area contributed by atoms with Gasteiger partial charge >= 0.3 is 0 Å². The fourth-order valence-electron chi connectivity index (χ4n) is 2.91. The second kappa shape index (κ2) is 6.25. The smallest absolute Gasteiger partial charge is 0.261 e. The average molecular weight is 301 g/mol. The minimum absolute atomic E-state index is 0. The molecule has 1 aliphatic carbocycles. The molecule has 0 bridgehead atoms. The first-order valence-corrected chi connectivity index (χ1v) is 7.69. The molecule has 2 unspecified atom stereocenters. The zero-order valence-corrected chi connectivity index (χ0v) is 12.8. The Hall–Kier alpha value is -0.580. The molecule has 1 aromatic heterocycles. The molecule has 2 N–H and O–H groups in total. The Morgan fingerprint density at radius 2 is 2.32 bits per heavy atom. The van der Waals surface area contributed by atoms with Crippen molar-refractivity contribution in [1.82, 2.24) is 10.6 Å². The first kappa shape index (κ1) is 14.8. The van der Waals surface area contributed by atoms with Gasteiger partial charge in [-0.25, -0.2) is 0 Å². The Morgan fingerprint density at radius 3 is 3.05 bits per heavy atom. The number of carbonyl (C=O) groups is 1. The van der Waals surface area contributed by atoms with E-state index in [2.05, 4.69) is 23.6 Å². The summed E-state index contributed by atoms with van der Waals surface area (Å²) >= 11 is 1.69. The third-order valence-corrected chi connectivity index (χ3v) is 5.31. The lowest BCUT2D eigenvalue weighted by Gasteiger charge is -2.30. The van der Waals surface area contributed by atoms with Gasteiger partial charge in [-0.3, -0.25) is 4.79 Å². The molecule has 3 nitrogen and oxygen atoms in total. The Bertz CT molecular complexity index is 439. The van der Waals surface area contributed by atoms with Gasteiger partial charge in [-0.1, -0.05) is 6.92 Å². The SMILES string of the molecule is CC1CNCCC1NC(=O)c1cc2c(s1)CCC2.Cl. The van der Waals surface area contributed by atoms with E-state index in [9.17, 15) is 4.79 Å². The molecule has 1 amide bonds. The summed E-state index contributed by atoms with van der Waals surface area (Å²) in [4.78, 5) is 14.6. The molecule has 1 aliphatic heterocycles. The predicted octanol–water partition coefficient (Wildman–Crippen LogP) is 2.39. The van der Waals surface area contributed by atoms with Gasteiger partial charge in [-0.15, -0.1) is 23.7 Å². The van der Waals surface area contributed by atoms with E-state index in [0.29, 0.717) is 12.0 Å². The fraction of sp³-hybridized carbons (Fsp3) is 0.643. The molecule has 2 aliphatic rings. The van der Waals surface area contributed by atoms with Crippen LogP contribution in [0.25, 0.3) is 0 Å². The van der Waals surface area contributed by atoms with Crippen LogP contribution in [0.15, 0.2) is 6.07 Å². The number of aryl methyl sites for hydroxylation is 2. The summed E-state index contributed by atoms with van der Waals surface area (Å²) < 4.78 is 0. The summed E-state index contributed by atoms with van der Waals surface area (Å²) in [6.45, 7) is 4.22. The zero-order valence-electron chi connectivity index (χ0n) is 11.2. The van der Waals surface area contributed by atoms with Crippen LogP contribution in [0.5, 0.6) is 0 Å². The van der Waals surface area contributed by atoms with Crippen molar-refractivity contribution in [1.29, 1.82) is 0 Å². The van der Waals surface area contributed by atoms with Gasteiger partial charge in [0.2, 0.25) is 0 Å². The standard InChI is InChI=1S/C14H20N2OS.ClH/c1-9-8-15-6-5-11(9)16-14(17)13-7-10-3-2-4-12(10)18-13;/h7,9,11,15H,2-6,8H2,1H3,(H,16,17);1H. The Balaban J connectivity index is 0.00000133. The van der Waals surface area contributed by atoms with Crippen LogP contribution in [0.4, 0.5) is 0 Å². The van der Waals surface area contributed by atoms with Gasteiger partial charge in [0.1, 0.15) is 0 Å². The lowest BCUT2D eigenvalue weighted by Crippen LogP contribution is -2.48. The Labute approximate surface area is 124 Å². The van der Waals surface area contributed by atoms with Crippen molar-refractivity contribution >= 4 is 29.7 Å². The Morgan fingerprint density at radius 1 is 1.47 bits per heavy atom. The van der Waals surface area contributed by atoms with Crippen LogP contribution in [0, 0.1) is 5.92 Å². The molecular formula is C14H21ClN2OS. The molecular weight excluding hydrogens is 280 g/mol. The number of fused-ring (bicyclic) bond motifs is 1. The number of piperidine rings is 1. The second-order valence-electron chi connectivity index (χ2n) is 5.46. The number of halogens is 1. The molecule has 3 rings (SSSR count). The minimum atomic E-state index is 0. The van der Waals surface area contributed by atoms with Crippen molar-refractivity contribution in [3.05, 3.63) is 21.4 Å². The van der Waals surface area contributed by atoms with Crippen LogP contribution in [0.1, 0.15) is 39.9 Å². The lowest BCUT2D eigenvalue weighted by molar-refractivity contribution is 0.0918. The first-order chi connectivity index (χ1) is 8.74. The molecule has 19 heavy (non-hydrogen) atoms. The van der Waals surface area contributed by atoms with Gasteiger partial charge in [-0.2, -0.15) is 0 Å². The van der Waals surface area contributed by atoms with Crippen LogP contribution in [0.3, 0.4) is 0 Å². The highest BCUT2D eigenvalue weighted by Gasteiger charge is 2.25. The van der Waals surface area contributed by atoms with Crippen molar-refractivity contribution in [2.45, 2.75) is 38.6 Å². The fourth-order valence-corrected chi connectivity index (χ4v) is 4.07. The van der Waals surface area contributed by atoms with Crippen molar-refractivity contribution in [2.75, 3.05) is 13.1 Å². The Kier molecular flexibility index (Phi) is 4.87. The number of nitrogens with one attached hydrogen (secondary N) is 2. The van der Waals surface area contributed by atoms with E-state index >= 15 is 0 Å². The summed E-state index contributed by atoms with van der Waals surface area (Å²) in [6, 6.07) is 2.43. The molecule has 2 atom stereocenters. The monoisotopic (exact) mass is 300 g/mol. The molecule has 0 saturated carbocycles. The second-order valence-corrected chi connectivity index (χ2v) is 6.60. The molecule has 1 saturated heterocycles. The topological polar surface area (TPSA) is 41.1 Å². The third kappa shape index (κ3) is 3.12. The highest BCUT2D eigenvalue weighted by Crippen LogP contribution is 2.30. The molecule has 5 heteroatoms. The van der Waals surface area contributed by atoms with E-state index in [1.54, 1.807) is 11.3 Å². The maximum absolute atomic E-state index is 12.2. The van der Waals surface area contributed by atoms with E-state index in [-0.39, 0.29) is 18.3 Å². The van der Waals surface area contributed by atoms with Crippen LogP contribution in [0.2, 0.25) is 0 Å². The molecule has 1 fully saturated rings. The minimum Gasteiger partial charge on any atom is -0.348 e. The molecule has 2 heterocycles. The summed E-state index contributed by atoms with van der Waals surface area (Å²) in [5.41, 5.74) is 1.41. The first-order valence-electron chi connectivity index (χ1n) is 6.87. The molecule has 106 valence electrons. The molecule has 0 spiro atoms. The number of thiophene rings is 1. The van der Waals surface area contributed by atoms with Gasteiger partial charge in [0.25, 0.3) is 5.91 Å². The maximum Gasteiger partial charge on any atom is 0.261 e. The number of hydrogen-bond acceptors (Lipinski definition) is 3. The van der Waals surface area contributed by atoms with E-state index in [0.717, 1.165) is 37.2 Å². The average Bonchev–Trinajstić information content (AvgIpc) is 2.92. The van der Waals surface area contributed by atoms with Crippen molar-refractivity contribution in [3.63, 3.8) is 0 Å². The van der Waals surface area contributed by atoms with E-state index in [1.807, 2.05) is 0 Å². The van der Waals surface area contributed by atoms with E-state index in [1.165, 1.54) is 16.9 Å². The summed E-state index contributed by atoms with van der Waals surface area (Å²) in [6.07, 6.45) is 4.62. The normalized spacial score (nSPS) is 25.5. The summed E-state index contributed by atoms with van der Waals surface area (Å²) in [5.74, 6) is 0.655. The van der Waals surface area contributed by atoms with Crippen molar-refractivity contribution < 1.29 is 4.79 Å². The van der Waals surface area contributed by atoms with Crippen molar-refractivity contribution in [3.8, 4) is 0 Å². The van der Waals surface area contributed by atoms with Crippen LogP contribution >= 0.6 is 23.7 Å². The number of amides is 1. The zero-order chi connectivity index (χ0) is 12.5. The van der Waals surface area contributed by atoms with Gasteiger partial charge in [0.05, 0.1) is 4.88 Å². The van der Waals surface area contributed by atoms with E-state index < -0.39 is 0 Å². The van der Waals surface area contributed by atoms with Gasteiger partial charge in [0, 0.05) is 10.9 Å². The number of carbonyl (C=O) groups excluding carboxylic acids is 1. The highest BCUT2D eigenvalue weighted by atomic mass is 35.5. The third-order valence-electron chi connectivity index (χ3n) is 4.07. The summed E-state index contributed by atoms with van der Waals surface area (Å²) in [5, 5.41) is 6.57. The van der Waals surface area contributed by atoms with Crippen molar-refractivity contribution in [2.24, 2.45) is 5.92 Å². The van der Waals surface area contributed by atoms with Crippen LogP contribution in [-0.4, -0.2) is 25.0 Å². The van der Waals surface area contributed by atoms with E-state index in [4.69, 9.17) is 0 Å². The predicted molar refractivity (Wildman–Crippen MR) is 81.5 cm³/mol. The largest absolute Gasteiger partial charge is 0.348 e. The quantitative estimate of drug-likeness (QED) is 0.880. The highest BCUT2D eigenvalue weighted by molar-refractivity contribution is 7.14. The molecule has 1 aromatic rings. The van der Waals surface area contributed by atoms with Gasteiger partial charge in [-0.05, 0) is 56.3 Å². The van der Waals surface area contributed by atoms with Crippen LogP contribution < -0.4 is 10.6 Å². The molecule has 0 radical (unpaired) electrons. The number of rotatable bonds is 2. The summed E-state index contributed by atoms with van der Waals surface area (Å²) in [7, 11) is 0. The number of hydrogen-bond donors (Lipinski definition) is 2. The lowest BCUT2D eigenvalue weighted by atomic mass is 9.95. The maximum atomic E-state index is 12.2. The van der Waals surface area contributed by atoms with Gasteiger partial charge < -0.3 is 10.6 Å².